The van der Waals surface area contributed by atoms with Crippen LogP contribution >= 0.6 is 0 Å². The standard InChI is InChI=1S/C18H22N6O/c1-12-13(4-3-5-19-12)11-25-18-17-16(20-6-7-21-17)8-15(23-18)14-9-22-24(2)10-14/h6-10,12-13,19H,3-5,11H2,1-2H3/t12-,13+/m0/s1. The molecule has 0 aliphatic carbocycles. The van der Waals surface area contributed by atoms with Gasteiger partial charge in [-0.25, -0.2) is 9.97 Å². The van der Waals surface area contributed by atoms with Gasteiger partial charge in [-0.15, -0.1) is 0 Å². The number of hydrogen-bond acceptors (Lipinski definition) is 6. The average molecular weight is 338 g/mol. The topological polar surface area (TPSA) is 77.8 Å². The van der Waals surface area contributed by atoms with Gasteiger partial charge in [-0.05, 0) is 32.4 Å². The average Bonchev–Trinajstić information content (AvgIpc) is 3.07. The summed E-state index contributed by atoms with van der Waals surface area (Å²) in [4.78, 5) is 13.5. The molecular formula is C18H22N6O. The summed E-state index contributed by atoms with van der Waals surface area (Å²) in [6, 6.07) is 2.38. The van der Waals surface area contributed by atoms with Gasteiger partial charge in [0.1, 0.15) is 0 Å². The van der Waals surface area contributed by atoms with E-state index in [9.17, 15) is 0 Å². The number of aromatic nitrogens is 5. The first kappa shape index (κ1) is 16.0. The Morgan fingerprint density at radius 3 is 3.00 bits per heavy atom. The second-order valence-corrected chi connectivity index (χ2v) is 6.60. The van der Waals surface area contributed by atoms with Crippen LogP contribution in [0.15, 0.2) is 30.9 Å². The van der Waals surface area contributed by atoms with Crippen molar-refractivity contribution in [1.82, 2.24) is 30.0 Å². The Balaban J connectivity index is 1.66. The van der Waals surface area contributed by atoms with E-state index in [2.05, 4.69) is 27.3 Å². The third-order valence-corrected chi connectivity index (χ3v) is 4.78. The summed E-state index contributed by atoms with van der Waals surface area (Å²) in [6.45, 7) is 3.93. The predicted octanol–water partition coefficient (Wildman–Crippen LogP) is 2.19. The van der Waals surface area contributed by atoms with Crippen LogP contribution in [-0.2, 0) is 7.05 Å². The fraction of sp³-hybridized carbons (Fsp3) is 0.444. The van der Waals surface area contributed by atoms with Gasteiger partial charge in [0, 0.05) is 43.2 Å². The van der Waals surface area contributed by atoms with Crippen molar-refractivity contribution in [3.8, 4) is 17.1 Å². The number of ether oxygens (including phenoxy) is 1. The van der Waals surface area contributed by atoms with Crippen LogP contribution in [0.4, 0.5) is 0 Å². The van der Waals surface area contributed by atoms with E-state index < -0.39 is 0 Å². The summed E-state index contributed by atoms with van der Waals surface area (Å²) in [7, 11) is 1.89. The molecular weight excluding hydrogens is 316 g/mol. The molecule has 0 aromatic carbocycles. The molecule has 0 bridgehead atoms. The number of nitrogens with zero attached hydrogens (tertiary/aromatic N) is 5. The van der Waals surface area contributed by atoms with Crippen molar-refractivity contribution < 1.29 is 4.74 Å². The second-order valence-electron chi connectivity index (χ2n) is 6.60. The quantitative estimate of drug-likeness (QED) is 0.786. The Labute approximate surface area is 146 Å². The molecule has 7 nitrogen and oxygen atoms in total. The van der Waals surface area contributed by atoms with E-state index in [1.165, 1.54) is 12.8 Å². The van der Waals surface area contributed by atoms with Crippen molar-refractivity contribution in [3.05, 3.63) is 30.9 Å². The molecule has 0 spiro atoms. The minimum absolute atomic E-state index is 0.451. The molecule has 0 amide bonds. The van der Waals surface area contributed by atoms with Gasteiger partial charge in [0.05, 0.1) is 24.0 Å². The Morgan fingerprint density at radius 1 is 1.32 bits per heavy atom. The summed E-state index contributed by atoms with van der Waals surface area (Å²) in [5.74, 6) is 1.02. The van der Waals surface area contributed by atoms with E-state index in [1.54, 1.807) is 23.3 Å². The lowest BCUT2D eigenvalue weighted by Gasteiger charge is -2.29. The molecule has 0 radical (unpaired) electrons. The molecule has 1 N–H and O–H groups in total. The molecule has 7 heteroatoms. The Bertz CT molecular complexity index is 877. The van der Waals surface area contributed by atoms with Crippen molar-refractivity contribution >= 4 is 11.0 Å². The molecule has 0 saturated carbocycles. The molecule has 1 aliphatic heterocycles. The summed E-state index contributed by atoms with van der Waals surface area (Å²) in [5.41, 5.74) is 3.21. The van der Waals surface area contributed by atoms with Crippen LogP contribution in [0, 0.1) is 5.92 Å². The highest BCUT2D eigenvalue weighted by molar-refractivity contribution is 5.83. The van der Waals surface area contributed by atoms with Gasteiger partial charge in [0.25, 0.3) is 0 Å². The van der Waals surface area contributed by atoms with E-state index >= 15 is 0 Å². The fourth-order valence-corrected chi connectivity index (χ4v) is 3.27. The maximum absolute atomic E-state index is 6.12. The Kier molecular flexibility index (Phi) is 4.31. The van der Waals surface area contributed by atoms with Gasteiger partial charge in [-0.3, -0.25) is 9.67 Å². The SMILES string of the molecule is C[C@@H]1NCCC[C@@H]1COc1nc(-c2cnn(C)c2)cc2nccnc12. The maximum atomic E-state index is 6.12. The zero-order valence-corrected chi connectivity index (χ0v) is 14.5. The van der Waals surface area contributed by atoms with E-state index in [-0.39, 0.29) is 0 Å². The Hall–Kier alpha value is -2.54. The summed E-state index contributed by atoms with van der Waals surface area (Å²) in [6.07, 6.45) is 9.43. The van der Waals surface area contributed by atoms with Crippen molar-refractivity contribution in [1.29, 1.82) is 0 Å². The normalized spacial score (nSPS) is 20.7. The summed E-state index contributed by atoms with van der Waals surface area (Å²) >= 11 is 0. The van der Waals surface area contributed by atoms with Crippen molar-refractivity contribution in [3.63, 3.8) is 0 Å². The fourth-order valence-electron chi connectivity index (χ4n) is 3.27. The smallest absolute Gasteiger partial charge is 0.242 e. The summed E-state index contributed by atoms with van der Waals surface area (Å²) in [5, 5.41) is 7.73. The van der Waals surface area contributed by atoms with Gasteiger partial charge in [-0.2, -0.15) is 5.10 Å². The molecule has 130 valence electrons. The minimum Gasteiger partial charge on any atom is -0.476 e. The van der Waals surface area contributed by atoms with Gasteiger partial charge >= 0.3 is 0 Å². The van der Waals surface area contributed by atoms with Crippen LogP contribution in [-0.4, -0.2) is 43.9 Å². The molecule has 1 aliphatic rings. The van der Waals surface area contributed by atoms with Crippen molar-refractivity contribution in [2.75, 3.05) is 13.2 Å². The van der Waals surface area contributed by atoms with Gasteiger partial charge in [-0.1, -0.05) is 0 Å². The number of fused-ring (bicyclic) bond motifs is 1. The lowest BCUT2D eigenvalue weighted by atomic mass is 9.93. The molecule has 0 unspecified atom stereocenters. The van der Waals surface area contributed by atoms with E-state index in [0.717, 1.165) is 23.3 Å². The maximum Gasteiger partial charge on any atom is 0.242 e. The van der Waals surface area contributed by atoms with Crippen LogP contribution in [0.5, 0.6) is 5.88 Å². The second kappa shape index (κ2) is 6.76. The first-order valence-electron chi connectivity index (χ1n) is 8.67. The number of rotatable bonds is 4. The number of hydrogen-bond donors (Lipinski definition) is 1. The largest absolute Gasteiger partial charge is 0.476 e. The lowest BCUT2D eigenvalue weighted by Crippen LogP contribution is -2.41. The van der Waals surface area contributed by atoms with Gasteiger partial charge < -0.3 is 10.1 Å². The molecule has 2 atom stereocenters. The Morgan fingerprint density at radius 2 is 2.20 bits per heavy atom. The van der Waals surface area contributed by atoms with E-state index in [4.69, 9.17) is 9.72 Å². The zero-order valence-electron chi connectivity index (χ0n) is 14.5. The third kappa shape index (κ3) is 3.32. The van der Waals surface area contributed by atoms with Crippen LogP contribution in [0.3, 0.4) is 0 Å². The predicted molar refractivity (Wildman–Crippen MR) is 95.2 cm³/mol. The number of pyridine rings is 1. The first-order chi connectivity index (χ1) is 12.2. The van der Waals surface area contributed by atoms with Gasteiger partial charge in [0.2, 0.25) is 5.88 Å². The van der Waals surface area contributed by atoms with Crippen LogP contribution in [0.2, 0.25) is 0 Å². The van der Waals surface area contributed by atoms with Crippen LogP contribution in [0.25, 0.3) is 22.3 Å². The highest BCUT2D eigenvalue weighted by Gasteiger charge is 2.22. The minimum atomic E-state index is 0.451. The molecule has 3 aromatic heterocycles. The number of aryl methyl sites for hydroxylation is 1. The third-order valence-electron chi connectivity index (χ3n) is 4.78. The monoisotopic (exact) mass is 338 g/mol. The number of nitrogens with one attached hydrogen (secondary N) is 1. The molecule has 4 heterocycles. The van der Waals surface area contributed by atoms with Crippen LogP contribution in [0.1, 0.15) is 19.8 Å². The van der Waals surface area contributed by atoms with Gasteiger partial charge in [0.15, 0.2) is 5.52 Å². The lowest BCUT2D eigenvalue weighted by molar-refractivity contribution is 0.180. The molecule has 25 heavy (non-hydrogen) atoms. The zero-order chi connectivity index (χ0) is 17.2. The highest BCUT2D eigenvalue weighted by Crippen LogP contribution is 2.27. The molecule has 1 saturated heterocycles. The molecule has 3 aromatic rings. The molecule has 1 fully saturated rings. The van der Waals surface area contributed by atoms with Crippen molar-refractivity contribution in [2.24, 2.45) is 13.0 Å². The first-order valence-corrected chi connectivity index (χ1v) is 8.67. The van der Waals surface area contributed by atoms with E-state index in [1.807, 2.05) is 19.3 Å². The van der Waals surface area contributed by atoms with E-state index in [0.29, 0.717) is 30.0 Å². The summed E-state index contributed by atoms with van der Waals surface area (Å²) < 4.78 is 7.88. The van der Waals surface area contributed by atoms with Crippen LogP contribution < -0.4 is 10.1 Å². The number of piperidine rings is 1. The van der Waals surface area contributed by atoms with Crippen molar-refractivity contribution in [2.45, 2.75) is 25.8 Å². The highest BCUT2D eigenvalue weighted by atomic mass is 16.5. The molecule has 4 rings (SSSR count).